The zero-order valence-electron chi connectivity index (χ0n) is 18.6. The Morgan fingerprint density at radius 1 is 0.765 bits per heavy atom. The maximum absolute atomic E-state index is 12.7. The largest absolute Gasteiger partial charge is 0.494 e. The number of nitro benzene ring substituents is 2. The lowest BCUT2D eigenvalue weighted by molar-refractivity contribution is -0.385. The number of methoxy groups -OCH3 is 2. The summed E-state index contributed by atoms with van der Waals surface area (Å²) in [5.41, 5.74) is 0.378. The van der Waals surface area contributed by atoms with Gasteiger partial charge in [-0.25, -0.2) is 0 Å². The number of non-ortho nitro benzene ring substituents is 2. The van der Waals surface area contributed by atoms with Crippen molar-refractivity contribution in [1.82, 2.24) is 0 Å². The Morgan fingerprint density at radius 3 is 1.41 bits per heavy atom. The van der Waals surface area contributed by atoms with Crippen molar-refractivity contribution in [3.63, 3.8) is 0 Å². The van der Waals surface area contributed by atoms with Crippen LogP contribution in [0.3, 0.4) is 0 Å². The van der Waals surface area contributed by atoms with Gasteiger partial charge >= 0.3 is 0 Å². The van der Waals surface area contributed by atoms with E-state index in [4.69, 9.17) is 9.47 Å². The van der Waals surface area contributed by atoms with Gasteiger partial charge in [0.1, 0.15) is 11.5 Å². The average Bonchev–Trinajstić information content (AvgIpc) is 2.84. The molecular formula is C22H24N4O8. The summed E-state index contributed by atoms with van der Waals surface area (Å²) in [6.45, 7) is 0. The van der Waals surface area contributed by atoms with Crippen LogP contribution in [0.25, 0.3) is 0 Å². The van der Waals surface area contributed by atoms with Gasteiger partial charge in [-0.2, -0.15) is 0 Å². The molecule has 0 spiro atoms. The molecule has 2 N–H and O–H groups in total. The second-order valence-electron chi connectivity index (χ2n) is 7.81. The molecule has 34 heavy (non-hydrogen) atoms. The monoisotopic (exact) mass is 472 g/mol. The minimum Gasteiger partial charge on any atom is -0.494 e. The van der Waals surface area contributed by atoms with Crippen LogP contribution in [0, 0.1) is 32.1 Å². The van der Waals surface area contributed by atoms with E-state index in [1.165, 1.54) is 50.6 Å². The third-order valence-electron chi connectivity index (χ3n) is 5.78. The number of hydrogen-bond donors (Lipinski definition) is 2. The molecule has 2 amide bonds. The number of ether oxygens (including phenoxy) is 2. The van der Waals surface area contributed by atoms with Crippen molar-refractivity contribution in [1.29, 1.82) is 0 Å². The average molecular weight is 472 g/mol. The first-order valence-corrected chi connectivity index (χ1v) is 10.5. The number of carbonyl (C=O) groups is 2. The van der Waals surface area contributed by atoms with Crippen molar-refractivity contribution in [3.05, 3.63) is 56.6 Å². The Hall–Kier alpha value is -4.22. The van der Waals surface area contributed by atoms with Gasteiger partial charge in [-0.15, -0.1) is 0 Å². The van der Waals surface area contributed by atoms with Crippen molar-refractivity contribution >= 4 is 34.6 Å². The van der Waals surface area contributed by atoms with E-state index < -0.39 is 9.85 Å². The molecule has 1 aliphatic carbocycles. The topological polar surface area (TPSA) is 163 Å². The first kappa shape index (κ1) is 24.4. The lowest BCUT2D eigenvalue weighted by atomic mass is 9.81. The van der Waals surface area contributed by atoms with E-state index in [2.05, 4.69) is 10.6 Å². The zero-order valence-corrected chi connectivity index (χ0v) is 18.6. The van der Waals surface area contributed by atoms with Crippen molar-refractivity contribution in [3.8, 4) is 11.5 Å². The van der Waals surface area contributed by atoms with Gasteiger partial charge in [0, 0.05) is 24.0 Å². The molecule has 1 saturated carbocycles. The summed E-state index contributed by atoms with van der Waals surface area (Å²) in [4.78, 5) is 46.2. The van der Waals surface area contributed by atoms with Gasteiger partial charge in [0.15, 0.2) is 0 Å². The van der Waals surface area contributed by atoms with E-state index in [9.17, 15) is 29.8 Å². The smallest absolute Gasteiger partial charge is 0.273 e. The number of carbonyl (C=O) groups excluding carboxylic acids is 2. The van der Waals surface area contributed by atoms with Crippen LogP contribution in [-0.2, 0) is 9.59 Å². The standard InChI is InChI=1S/C22H24N4O8/c1-33-19-11-15(25(29)30)7-9-17(19)23-21(27)13-3-5-14(6-4-13)22(28)24-18-10-8-16(26(31)32)12-20(18)34-2/h7-14H,3-6H2,1-2H3,(H,23,27)(H,24,28). The van der Waals surface area contributed by atoms with Crippen LogP contribution in [0.1, 0.15) is 25.7 Å². The minimum absolute atomic E-state index is 0.147. The van der Waals surface area contributed by atoms with Crippen LogP contribution >= 0.6 is 0 Å². The third kappa shape index (κ3) is 5.57. The quantitative estimate of drug-likeness (QED) is 0.431. The molecule has 1 aliphatic rings. The van der Waals surface area contributed by atoms with Gasteiger partial charge in [-0.05, 0) is 37.8 Å². The van der Waals surface area contributed by atoms with E-state index in [0.29, 0.717) is 37.1 Å². The second-order valence-corrected chi connectivity index (χ2v) is 7.81. The Balaban J connectivity index is 1.58. The molecular weight excluding hydrogens is 448 g/mol. The first-order chi connectivity index (χ1) is 16.2. The summed E-state index contributed by atoms with van der Waals surface area (Å²) >= 11 is 0. The number of anilines is 2. The van der Waals surface area contributed by atoms with Crippen LogP contribution in [0.5, 0.6) is 11.5 Å². The molecule has 1 fully saturated rings. The molecule has 3 rings (SSSR count). The van der Waals surface area contributed by atoms with Crippen molar-refractivity contribution in [2.45, 2.75) is 25.7 Å². The molecule has 2 aromatic carbocycles. The van der Waals surface area contributed by atoms with Gasteiger partial charge in [0.25, 0.3) is 11.4 Å². The molecule has 0 aliphatic heterocycles. The predicted octanol–water partition coefficient (Wildman–Crippen LogP) is 3.90. The maximum atomic E-state index is 12.7. The molecule has 0 aromatic heterocycles. The fourth-order valence-corrected chi connectivity index (χ4v) is 3.88. The molecule has 0 unspecified atom stereocenters. The Kier molecular flexibility index (Phi) is 7.61. The number of benzene rings is 2. The molecule has 0 atom stereocenters. The third-order valence-corrected chi connectivity index (χ3v) is 5.78. The number of amides is 2. The minimum atomic E-state index is -0.549. The Bertz CT molecular complexity index is 1020. The lowest BCUT2D eigenvalue weighted by Gasteiger charge is -2.27. The fraction of sp³-hybridized carbons (Fsp3) is 0.364. The summed E-state index contributed by atoms with van der Waals surface area (Å²) in [5, 5.41) is 27.4. The summed E-state index contributed by atoms with van der Waals surface area (Å²) in [6.07, 6.45) is 1.93. The molecule has 0 saturated heterocycles. The maximum Gasteiger partial charge on any atom is 0.273 e. The second kappa shape index (κ2) is 10.6. The van der Waals surface area contributed by atoms with Crippen molar-refractivity contribution in [2.75, 3.05) is 24.9 Å². The number of nitrogens with one attached hydrogen (secondary N) is 2. The molecule has 12 heteroatoms. The highest BCUT2D eigenvalue weighted by Gasteiger charge is 2.31. The molecule has 2 aromatic rings. The molecule has 0 heterocycles. The highest BCUT2D eigenvalue weighted by Crippen LogP contribution is 2.34. The number of nitrogens with zero attached hydrogens (tertiary/aromatic N) is 2. The summed E-state index contributed by atoms with van der Waals surface area (Å²) in [6, 6.07) is 7.89. The van der Waals surface area contributed by atoms with Crippen LogP contribution < -0.4 is 20.1 Å². The SMILES string of the molecule is COc1cc([N+](=O)[O-])ccc1NC(=O)C1CCC(C(=O)Nc2ccc([N+](=O)[O-])cc2OC)CC1. The first-order valence-electron chi connectivity index (χ1n) is 10.5. The normalized spacial score (nSPS) is 17.4. The molecule has 180 valence electrons. The van der Waals surface area contributed by atoms with Gasteiger partial charge in [-0.1, -0.05) is 0 Å². The fourth-order valence-electron chi connectivity index (χ4n) is 3.88. The van der Waals surface area contributed by atoms with Gasteiger partial charge < -0.3 is 20.1 Å². The van der Waals surface area contributed by atoms with Gasteiger partial charge in [-0.3, -0.25) is 29.8 Å². The van der Waals surface area contributed by atoms with Crippen molar-refractivity contribution in [2.24, 2.45) is 11.8 Å². The Morgan fingerprint density at radius 2 is 1.12 bits per heavy atom. The van der Waals surface area contributed by atoms with Crippen LogP contribution in [0.4, 0.5) is 22.7 Å². The van der Waals surface area contributed by atoms with Crippen LogP contribution in [0.15, 0.2) is 36.4 Å². The number of hydrogen-bond acceptors (Lipinski definition) is 8. The van der Waals surface area contributed by atoms with E-state index in [0.717, 1.165) is 0 Å². The highest BCUT2D eigenvalue weighted by molar-refractivity contribution is 5.96. The van der Waals surface area contributed by atoms with E-state index >= 15 is 0 Å². The summed E-state index contributed by atoms with van der Waals surface area (Å²) in [5.74, 6) is -0.762. The predicted molar refractivity (Wildman–Crippen MR) is 122 cm³/mol. The van der Waals surface area contributed by atoms with Crippen LogP contribution in [-0.4, -0.2) is 35.9 Å². The number of rotatable bonds is 8. The van der Waals surface area contributed by atoms with Gasteiger partial charge in [0.05, 0.1) is 47.6 Å². The Labute approximate surface area is 194 Å². The molecule has 12 nitrogen and oxygen atoms in total. The van der Waals surface area contributed by atoms with Crippen LogP contribution in [0.2, 0.25) is 0 Å². The van der Waals surface area contributed by atoms with E-state index in [1.807, 2.05) is 0 Å². The van der Waals surface area contributed by atoms with Gasteiger partial charge in [0.2, 0.25) is 11.8 Å². The van der Waals surface area contributed by atoms with Crippen molar-refractivity contribution < 1.29 is 28.9 Å². The summed E-state index contributed by atoms with van der Waals surface area (Å²) in [7, 11) is 2.72. The van der Waals surface area contributed by atoms with E-state index in [-0.39, 0.29) is 46.5 Å². The highest BCUT2D eigenvalue weighted by atomic mass is 16.6. The summed E-state index contributed by atoms with van der Waals surface area (Å²) < 4.78 is 10.3. The molecule has 0 bridgehead atoms. The molecule has 0 radical (unpaired) electrons. The number of nitro groups is 2. The van der Waals surface area contributed by atoms with E-state index in [1.54, 1.807) is 0 Å². The lowest BCUT2D eigenvalue weighted by Crippen LogP contribution is -2.32. The zero-order chi connectivity index (χ0) is 24.8.